The molecule has 106 valence electrons. The number of phenols is 1. The van der Waals surface area contributed by atoms with Crippen molar-refractivity contribution in [3.05, 3.63) is 23.9 Å². The largest absolute Gasteiger partial charge is 0.504 e. The number of nitrogens with zero attached hydrogens (tertiary/aromatic N) is 2. The highest BCUT2D eigenvalue weighted by Gasteiger charge is 2.19. The van der Waals surface area contributed by atoms with Gasteiger partial charge in [0, 0.05) is 12.6 Å². The first kappa shape index (κ1) is 13.7. The summed E-state index contributed by atoms with van der Waals surface area (Å²) >= 11 is 0. The molecular weight excluding hydrogens is 264 g/mol. The van der Waals surface area contributed by atoms with Crippen molar-refractivity contribution in [2.45, 2.75) is 0 Å². The van der Waals surface area contributed by atoms with Gasteiger partial charge in [0.25, 0.3) is 0 Å². The maximum absolute atomic E-state index is 10.9. The molecule has 0 aliphatic carbocycles. The zero-order chi connectivity index (χ0) is 14.9. The van der Waals surface area contributed by atoms with E-state index in [1.165, 1.54) is 25.0 Å². The molecule has 7 nitrogen and oxygen atoms in total. The maximum Gasteiger partial charge on any atom is 0.356 e. The number of aryl methyl sites for hydroxylation is 1. The van der Waals surface area contributed by atoms with Crippen LogP contribution in [-0.2, 0) is 7.05 Å². The van der Waals surface area contributed by atoms with Crippen LogP contribution in [0, 0.1) is 0 Å². The number of carboxylic acids is 1. The van der Waals surface area contributed by atoms with Crippen LogP contribution < -0.4 is 9.47 Å². The minimum absolute atomic E-state index is 0.100. The number of rotatable bonds is 4. The molecule has 0 unspecified atom stereocenters. The molecule has 0 saturated heterocycles. The maximum atomic E-state index is 10.9. The molecule has 0 radical (unpaired) electrons. The number of phenolic OH excluding ortho intramolecular Hbond substituents is 1. The second-order valence-electron chi connectivity index (χ2n) is 4.04. The Morgan fingerprint density at radius 2 is 2.00 bits per heavy atom. The summed E-state index contributed by atoms with van der Waals surface area (Å²) < 4.78 is 11.6. The Labute approximate surface area is 115 Å². The second-order valence-corrected chi connectivity index (χ2v) is 4.04. The SMILES string of the molecule is COc1ccc(-c2cc(C(=O)O)nn2C)c(O)c1OC. The Bertz CT molecular complexity index is 663. The van der Waals surface area contributed by atoms with Gasteiger partial charge in [-0.2, -0.15) is 5.10 Å². The lowest BCUT2D eigenvalue weighted by atomic mass is 10.1. The van der Waals surface area contributed by atoms with Crippen molar-refractivity contribution >= 4 is 5.97 Å². The third kappa shape index (κ3) is 2.13. The predicted molar refractivity (Wildman–Crippen MR) is 70.4 cm³/mol. The topological polar surface area (TPSA) is 93.8 Å². The first-order valence-corrected chi connectivity index (χ1v) is 5.71. The number of hydrogen-bond donors (Lipinski definition) is 2. The lowest BCUT2D eigenvalue weighted by molar-refractivity contribution is 0.0689. The van der Waals surface area contributed by atoms with Gasteiger partial charge in [-0.3, -0.25) is 4.68 Å². The predicted octanol–water partition coefficient (Wildman–Crippen LogP) is 1.51. The van der Waals surface area contributed by atoms with E-state index in [4.69, 9.17) is 14.6 Å². The number of ether oxygens (including phenoxy) is 2. The number of carboxylic acid groups (broad SMARTS) is 1. The molecule has 0 atom stereocenters. The summed E-state index contributed by atoms with van der Waals surface area (Å²) in [5, 5.41) is 23.0. The molecule has 2 N–H and O–H groups in total. The highest BCUT2D eigenvalue weighted by Crippen LogP contribution is 2.43. The van der Waals surface area contributed by atoms with Gasteiger partial charge in [0.05, 0.1) is 19.9 Å². The second kappa shape index (κ2) is 5.12. The normalized spacial score (nSPS) is 10.3. The first-order chi connectivity index (χ1) is 9.49. The van der Waals surface area contributed by atoms with Crippen molar-refractivity contribution in [2.75, 3.05) is 14.2 Å². The molecular formula is C13H14N2O5. The summed E-state index contributed by atoms with van der Waals surface area (Å²) in [6, 6.07) is 4.62. The van der Waals surface area contributed by atoms with E-state index >= 15 is 0 Å². The molecule has 0 aliphatic rings. The average molecular weight is 278 g/mol. The molecule has 20 heavy (non-hydrogen) atoms. The molecule has 0 aliphatic heterocycles. The molecule has 7 heteroatoms. The summed E-state index contributed by atoms with van der Waals surface area (Å²) in [5.74, 6) is -0.698. The number of hydrogen-bond acceptors (Lipinski definition) is 5. The molecule has 0 fully saturated rings. The smallest absolute Gasteiger partial charge is 0.356 e. The van der Waals surface area contributed by atoms with E-state index in [0.29, 0.717) is 17.0 Å². The van der Waals surface area contributed by atoms with Gasteiger partial charge in [0.15, 0.2) is 17.2 Å². The van der Waals surface area contributed by atoms with E-state index in [9.17, 15) is 9.90 Å². The molecule has 1 aromatic carbocycles. The average Bonchev–Trinajstić information content (AvgIpc) is 2.80. The van der Waals surface area contributed by atoms with Crippen LogP contribution in [-0.4, -0.2) is 40.2 Å². The lowest BCUT2D eigenvalue weighted by Gasteiger charge is -2.12. The molecule has 0 saturated carbocycles. The molecule has 0 bridgehead atoms. The van der Waals surface area contributed by atoms with Crippen molar-refractivity contribution in [1.29, 1.82) is 0 Å². The lowest BCUT2D eigenvalue weighted by Crippen LogP contribution is -1.99. The van der Waals surface area contributed by atoms with Gasteiger partial charge in [0.2, 0.25) is 5.75 Å². The van der Waals surface area contributed by atoms with E-state index < -0.39 is 5.97 Å². The van der Waals surface area contributed by atoms with Gasteiger partial charge < -0.3 is 19.7 Å². The third-order valence-electron chi connectivity index (χ3n) is 2.89. The minimum atomic E-state index is -1.13. The Morgan fingerprint density at radius 3 is 2.50 bits per heavy atom. The molecule has 0 amide bonds. The van der Waals surface area contributed by atoms with Crippen LogP contribution >= 0.6 is 0 Å². The molecule has 1 heterocycles. The quantitative estimate of drug-likeness (QED) is 0.880. The summed E-state index contributed by atoms with van der Waals surface area (Å²) in [7, 11) is 4.47. The number of aromatic hydroxyl groups is 1. The van der Waals surface area contributed by atoms with Crippen LogP contribution in [0.3, 0.4) is 0 Å². The van der Waals surface area contributed by atoms with Gasteiger partial charge in [0.1, 0.15) is 0 Å². The number of carbonyl (C=O) groups is 1. The highest BCUT2D eigenvalue weighted by molar-refractivity contribution is 5.87. The van der Waals surface area contributed by atoms with Gasteiger partial charge >= 0.3 is 5.97 Å². The Balaban J connectivity index is 2.61. The zero-order valence-corrected chi connectivity index (χ0v) is 11.2. The van der Waals surface area contributed by atoms with E-state index in [0.717, 1.165) is 0 Å². The van der Waals surface area contributed by atoms with Crippen molar-refractivity contribution in [3.63, 3.8) is 0 Å². The van der Waals surface area contributed by atoms with Crippen LogP contribution in [0.2, 0.25) is 0 Å². The summed E-state index contributed by atoms with van der Waals surface area (Å²) in [6.45, 7) is 0. The Hall–Kier alpha value is -2.70. The van der Waals surface area contributed by atoms with E-state index in [2.05, 4.69) is 5.10 Å². The Morgan fingerprint density at radius 1 is 1.30 bits per heavy atom. The number of aromatic nitrogens is 2. The molecule has 2 aromatic rings. The fourth-order valence-electron chi connectivity index (χ4n) is 1.94. The van der Waals surface area contributed by atoms with Crippen LogP contribution in [0.5, 0.6) is 17.2 Å². The monoisotopic (exact) mass is 278 g/mol. The fraction of sp³-hybridized carbons (Fsp3) is 0.231. The van der Waals surface area contributed by atoms with Gasteiger partial charge in [-0.25, -0.2) is 4.79 Å². The summed E-state index contributed by atoms with van der Waals surface area (Å²) in [4.78, 5) is 10.9. The molecule has 0 spiro atoms. The van der Waals surface area contributed by atoms with Crippen molar-refractivity contribution in [1.82, 2.24) is 9.78 Å². The van der Waals surface area contributed by atoms with E-state index in [1.807, 2.05) is 0 Å². The Kier molecular flexibility index (Phi) is 3.51. The van der Waals surface area contributed by atoms with E-state index in [-0.39, 0.29) is 17.2 Å². The number of methoxy groups -OCH3 is 2. The van der Waals surface area contributed by atoms with Gasteiger partial charge in [-0.15, -0.1) is 0 Å². The number of aromatic carboxylic acids is 1. The summed E-state index contributed by atoms with van der Waals surface area (Å²) in [6.07, 6.45) is 0. The zero-order valence-electron chi connectivity index (χ0n) is 11.2. The van der Waals surface area contributed by atoms with Crippen LogP contribution in [0.15, 0.2) is 18.2 Å². The van der Waals surface area contributed by atoms with Crippen LogP contribution in [0.1, 0.15) is 10.5 Å². The van der Waals surface area contributed by atoms with Crippen molar-refractivity contribution in [3.8, 4) is 28.5 Å². The highest BCUT2D eigenvalue weighted by atomic mass is 16.5. The number of benzene rings is 1. The van der Waals surface area contributed by atoms with Gasteiger partial charge in [-0.05, 0) is 18.2 Å². The van der Waals surface area contributed by atoms with Crippen LogP contribution in [0.4, 0.5) is 0 Å². The third-order valence-corrected chi connectivity index (χ3v) is 2.89. The van der Waals surface area contributed by atoms with E-state index in [1.54, 1.807) is 19.2 Å². The van der Waals surface area contributed by atoms with Crippen molar-refractivity contribution < 1.29 is 24.5 Å². The minimum Gasteiger partial charge on any atom is -0.504 e. The molecule has 1 aromatic heterocycles. The van der Waals surface area contributed by atoms with Gasteiger partial charge in [-0.1, -0.05) is 0 Å². The standard InChI is InChI=1S/C13H14N2O5/c1-15-9(6-8(14-15)13(17)18)7-4-5-10(19-2)12(20-3)11(7)16/h4-6,16H,1-3H3,(H,17,18). The van der Waals surface area contributed by atoms with Crippen LogP contribution in [0.25, 0.3) is 11.3 Å². The first-order valence-electron chi connectivity index (χ1n) is 5.71. The summed E-state index contributed by atoms with van der Waals surface area (Å²) in [5.41, 5.74) is 0.766. The fourth-order valence-corrected chi connectivity index (χ4v) is 1.94. The van der Waals surface area contributed by atoms with Crippen molar-refractivity contribution in [2.24, 2.45) is 7.05 Å². The molecule has 2 rings (SSSR count).